The molecule has 4 nitrogen and oxygen atoms in total. The van der Waals surface area contributed by atoms with Crippen LogP contribution in [0.25, 0.3) is 0 Å². The fourth-order valence-corrected chi connectivity index (χ4v) is 1.77. The van der Waals surface area contributed by atoms with Gasteiger partial charge in [-0.05, 0) is 13.2 Å². The molecule has 1 rings (SSSR count). The summed E-state index contributed by atoms with van der Waals surface area (Å²) in [6, 6.07) is 0.223. The van der Waals surface area contributed by atoms with Gasteiger partial charge in [0, 0.05) is 24.9 Å². The molecule has 0 bridgehead atoms. The topological polar surface area (TPSA) is 50.4 Å². The van der Waals surface area contributed by atoms with Crippen molar-refractivity contribution in [3.63, 3.8) is 0 Å². The zero-order valence-corrected chi connectivity index (χ0v) is 10.7. The van der Waals surface area contributed by atoms with Gasteiger partial charge in [-0.15, -0.1) is 12.4 Å². The molecule has 0 aromatic heterocycles. The summed E-state index contributed by atoms with van der Waals surface area (Å²) in [5.74, 6) is 0.926. The molecule has 1 saturated heterocycles. The highest BCUT2D eigenvalue weighted by molar-refractivity contribution is 7.98. The average Bonchev–Trinajstić information content (AvgIpc) is 2.01. The number of nitrogens with one attached hydrogen (secondary N) is 2. The third-order valence-corrected chi connectivity index (χ3v) is 2.85. The maximum atomic E-state index is 11.3. The molecule has 1 heterocycles. The molecule has 0 aliphatic carbocycles. The van der Waals surface area contributed by atoms with Crippen LogP contribution in [0.2, 0.25) is 0 Å². The Morgan fingerprint density at radius 3 is 2.80 bits per heavy atom. The summed E-state index contributed by atoms with van der Waals surface area (Å²) in [4.78, 5) is 11.3. The lowest BCUT2D eigenvalue weighted by molar-refractivity contribution is -0.129. The maximum Gasteiger partial charge on any atom is 0.246 e. The van der Waals surface area contributed by atoms with E-state index in [2.05, 4.69) is 10.6 Å². The Morgan fingerprint density at radius 1 is 1.67 bits per heavy atom. The summed E-state index contributed by atoms with van der Waals surface area (Å²) in [7, 11) is 0. The van der Waals surface area contributed by atoms with Gasteiger partial charge in [-0.3, -0.25) is 4.79 Å². The van der Waals surface area contributed by atoms with Crippen molar-refractivity contribution in [2.45, 2.75) is 19.1 Å². The van der Waals surface area contributed by atoms with Crippen molar-refractivity contribution < 1.29 is 9.53 Å². The van der Waals surface area contributed by atoms with Gasteiger partial charge in [0.05, 0.1) is 6.10 Å². The summed E-state index contributed by atoms with van der Waals surface area (Å²) in [6.45, 7) is 3.92. The minimum atomic E-state index is -0.0153. The summed E-state index contributed by atoms with van der Waals surface area (Å²) < 4.78 is 5.34. The van der Waals surface area contributed by atoms with Gasteiger partial charge in [-0.2, -0.15) is 11.8 Å². The number of hydrogen-bond acceptors (Lipinski definition) is 4. The molecule has 0 radical (unpaired) electrons. The summed E-state index contributed by atoms with van der Waals surface area (Å²) in [6.07, 6.45) is 2.26. The Kier molecular flexibility index (Phi) is 8.23. The van der Waals surface area contributed by atoms with Crippen molar-refractivity contribution in [1.82, 2.24) is 10.6 Å². The molecule has 15 heavy (non-hydrogen) atoms. The lowest BCUT2D eigenvalue weighted by atomic mass is 10.2. The van der Waals surface area contributed by atoms with Gasteiger partial charge in [-0.25, -0.2) is 0 Å². The molecule has 1 unspecified atom stereocenters. The minimum absolute atomic E-state index is 0. The monoisotopic (exact) mass is 254 g/mol. The van der Waals surface area contributed by atoms with Gasteiger partial charge in [-0.1, -0.05) is 0 Å². The first-order valence-corrected chi connectivity index (χ1v) is 6.22. The van der Waals surface area contributed by atoms with Gasteiger partial charge < -0.3 is 15.4 Å². The lowest BCUT2D eigenvalue weighted by Gasteiger charge is -2.27. The number of halogens is 1. The third-order valence-electron chi connectivity index (χ3n) is 2.02. The first kappa shape index (κ1) is 15.0. The molecule has 90 valence electrons. The Bertz CT molecular complexity index is 191. The summed E-state index contributed by atoms with van der Waals surface area (Å²) in [5.41, 5.74) is 0. The molecule has 1 atom stereocenters. The second-order valence-electron chi connectivity index (χ2n) is 3.52. The van der Waals surface area contributed by atoms with Crippen molar-refractivity contribution >= 4 is 30.1 Å². The van der Waals surface area contributed by atoms with Gasteiger partial charge in [0.15, 0.2) is 0 Å². The zero-order valence-electron chi connectivity index (χ0n) is 9.12. The highest BCUT2D eigenvalue weighted by atomic mass is 35.5. The molecule has 0 aromatic rings. The fourth-order valence-electron chi connectivity index (χ4n) is 1.18. The largest absolute Gasteiger partial charge is 0.366 e. The minimum Gasteiger partial charge on any atom is -0.366 e. The van der Waals surface area contributed by atoms with Crippen LogP contribution in [0, 0.1) is 0 Å². The van der Waals surface area contributed by atoms with Crippen molar-refractivity contribution in [2.24, 2.45) is 0 Å². The van der Waals surface area contributed by atoms with Gasteiger partial charge in [0.2, 0.25) is 5.91 Å². The molecule has 2 N–H and O–H groups in total. The van der Waals surface area contributed by atoms with Gasteiger partial charge in [0.25, 0.3) is 0 Å². The van der Waals surface area contributed by atoms with Crippen LogP contribution in [0.4, 0.5) is 0 Å². The standard InChI is InChI=1S/C9H18N2O2S.ClH/c1-7(6-14-2)11-9(12)5-13-8-3-10-4-8;/h7-8,10H,3-6H2,1-2H3,(H,11,12);1H. The maximum absolute atomic E-state index is 11.3. The Balaban J connectivity index is 0.00000196. The number of carbonyl (C=O) groups is 1. The predicted molar refractivity (Wildman–Crippen MR) is 65.8 cm³/mol. The van der Waals surface area contributed by atoms with Crippen LogP contribution in [0.3, 0.4) is 0 Å². The van der Waals surface area contributed by atoms with Crippen LogP contribution in [0.15, 0.2) is 0 Å². The van der Waals surface area contributed by atoms with Crippen molar-refractivity contribution in [1.29, 1.82) is 0 Å². The van der Waals surface area contributed by atoms with E-state index in [1.807, 2.05) is 13.2 Å². The highest BCUT2D eigenvalue weighted by Crippen LogP contribution is 1.98. The van der Waals surface area contributed by atoms with Crippen LogP contribution in [0.5, 0.6) is 0 Å². The zero-order chi connectivity index (χ0) is 10.4. The fraction of sp³-hybridized carbons (Fsp3) is 0.889. The second-order valence-corrected chi connectivity index (χ2v) is 4.43. The molecule has 1 fully saturated rings. The van der Waals surface area contributed by atoms with E-state index in [9.17, 15) is 4.79 Å². The second kappa shape index (κ2) is 8.21. The van der Waals surface area contributed by atoms with Crippen LogP contribution in [-0.4, -0.2) is 49.8 Å². The van der Waals surface area contributed by atoms with Crippen LogP contribution in [-0.2, 0) is 9.53 Å². The summed E-state index contributed by atoms with van der Waals surface area (Å²) in [5, 5.41) is 5.97. The quantitative estimate of drug-likeness (QED) is 0.714. The molecule has 1 aliphatic heterocycles. The molecule has 0 spiro atoms. The first-order valence-electron chi connectivity index (χ1n) is 4.83. The van der Waals surface area contributed by atoms with E-state index in [0.29, 0.717) is 0 Å². The number of carbonyl (C=O) groups excluding carboxylic acids is 1. The highest BCUT2D eigenvalue weighted by Gasteiger charge is 2.18. The van der Waals surface area contributed by atoms with Gasteiger partial charge in [0.1, 0.15) is 6.61 Å². The van der Waals surface area contributed by atoms with E-state index in [0.717, 1.165) is 18.8 Å². The lowest BCUT2D eigenvalue weighted by Crippen LogP contribution is -2.50. The van der Waals surface area contributed by atoms with Crippen LogP contribution in [0.1, 0.15) is 6.92 Å². The molecular formula is C9H19ClN2O2S. The molecule has 1 aliphatic rings. The van der Waals surface area contributed by atoms with Crippen molar-refractivity contribution in [3.05, 3.63) is 0 Å². The Labute approximate surface area is 101 Å². The molecular weight excluding hydrogens is 236 g/mol. The molecule has 0 saturated carbocycles. The molecule has 6 heteroatoms. The van der Waals surface area contributed by atoms with Gasteiger partial charge >= 0.3 is 0 Å². The number of ether oxygens (including phenoxy) is 1. The molecule has 1 amide bonds. The van der Waals surface area contributed by atoms with Crippen LogP contribution < -0.4 is 10.6 Å². The third kappa shape index (κ3) is 6.25. The number of rotatable bonds is 6. The van der Waals surface area contributed by atoms with Crippen molar-refractivity contribution in [2.75, 3.05) is 31.7 Å². The van der Waals surface area contributed by atoms with E-state index < -0.39 is 0 Å². The summed E-state index contributed by atoms with van der Waals surface area (Å²) >= 11 is 1.73. The Hall–Kier alpha value is 0.0300. The first-order chi connectivity index (χ1) is 6.72. The number of thioether (sulfide) groups is 1. The number of hydrogen-bond donors (Lipinski definition) is 2. The van der Waals surface area contributed by atoms with E-state index in [1.165, 1.54) is 0 Å². The van der Waals surface area contributed by atoms with Crippen molar-refractivity contribution in [3.8, 4) is 0 Å². The average molecular weight is 255 g/mol. The Morgan fingerprint density at radius 2 is 2.33 bits per heavy atom. The SMILES string of the molecule is CSCC(C)NC(=O)COC1CNC1.Cl. The van der Waals surface area contributed by atoms with E-state index >= 15 is 0 Å². The molecule has 0 aromatic carbocycles. The smallest absolute Gasteiger partial charge is 0.246 e. The van der Waals surface area contributed by atoms with E-state index in [1.54, 1.807) is 11.8 Å². The normalized spacial score (nSPS) is 17.5. The number of amides is 1. The van der Waals surface area contributed by atoms with E-state index in [4.69, 9.17) is 4.74 Å². The van der Waals surface area contributed by atoms with E-state index in [-0.39, 0.29) is 37.1 Å². The predicted octanol–water partition coefficient (Wildman–Crippen LogP) is 0.264. The van der Waals surface area contributed by atoms with Crippen LogP contribution >= 0.6 is 24.2 Å².